The molecule has 2 rings (SSSR count). The van der Waals surface area contributed by atoms with E-state index < -0.39 is 5.97 Å². The largest absolute Gasteiger partial charge is 0.482 e. The maximum atomic E-state index is 11.8. The van der Waals surface area contributed by atoms with Crippen molar-refractivity contribution < 1.29 is 19.1 Å². The van der Waals surface area contributed by atoms with Gasteiger partial charge in [0.05, 0.1) is 6.54 Å². The molecule has 0 saturated carbocycles. The van der Waals surface area contributed by atoms with Gasteiger partial charge in [0.2, 0.25) is 5.91 Å². The Morgan fingerprint density at radius 3 is 2.41 bits per heavy atom. The summed E-state index contributed by atoms with van der Waals surface area (Å²) in [5.41, 5.74) is 4.36. The standard InChI is InChI=1S/C22H27NO4/c1-16-5-8-19(9-6-16)10-11-21(24)23-12-13-26-22(25)15-27-20-14-17(2)4-7-18(20)3/h4-9,14H,10-13,15H2,1-3H3,(H,23,24). The maximum absolute atomic E-state index is 11.8. The molecule has 27 heavy (non-hydrogen) atoms. The van der Waals surface area contributed by atoms with Crippen molar-refractivity contribution in [2.24, 2.45) is 0 Å². The van der Waals surface area contributed by atoms with Gasteiger partial charge in [0.25, 0.3) is 0 Å². The Bertz CT molecular complexity index is 768. The van der Waals surface area contributed by atoms with Gasteiger partial charge in [-0.2, -0.15) is 0 Å². The predicted octanol–water partition coefficient (Wildman–Crippen LogP) is 3.28. The molecule has 0 radical (unpaired) electrons. The van der Waals surface area contributed by atoms with E-state index in [1.54, 1.807) is 0 Å². The van der Waals surface area contributed by atoms with Gasteiger partial charge in [-0.25, -0.2) is 4.79 Å². The average Bonchev–Trinajstić information content (AvgIpc) is 2.65. The molecule has 0 spiro atoms. The number of carbonyl (C=O) groups is 2. The van der Waals surface area contributed by atoms with E-state index in [1.807, 2.05) is 63.2 Å². The zero-order valence-corrected chi connectivity index (χ0v) is 16.2. The second kappa shape index (κ2) is 10.4. The van der Waals surface area contributed by atoms with E-state index >= 15 is 0 Å². The molecule has 0 saturated heterocycles. The minimum absolute atomic E-state index is 0.0572. The Balaban J connectivity index is 1.58. The van der Waals surface area contributed by atoms with Crippen molar-refractivity contribution in [2.45, 2.75) is 33.6 Å². The lowest BCUT2D eigenvalue weighted by Crippen LogP contribution is -2.29. The number of aryl methyl sites for hydroxylation is 4. The van der Waals surface area contributed by atoms with E-state index in [4.69, 9.17) is 9.47 Å². The highest BCUT2D eigenvalue weighted by atomic mass is 16.6. The summed E-state index contributed by atoms with van der Waals surface area (Å²) >= 11 is 0. The first-order valence-electron chi connectivity index (χ1n) is 9.12. The van der Waals surface area contributed by atoms with Crippen molar-refractivity contribution in [2.75, 3.05) is 19.8 Å². The lowest BCUT2D eigenvalue weighted by Gasteiger charge is -2.10. The van der Waals surface area contributed by atoms with Crippen LogP contribution in [0.25, 0.3) is 0 Å². The van der Waals surface area contributed by atoms with Gasteiger partial charge in [-0.1, -0.05) is 42.0 Å². The highest BCUT2D eigenvalue weighted by molar-refractivity contribution is 5.76. The summed E-state index contributed by atoms with van der Waals surface area (Å²) in [5.74, 6) is 0.166. The van der Waals surface area contributed by atoms with Crippen LogP contribution in [-0.4, -0.2) is 31.6 Å². The monoisotopic (exact) mass is 369 g/mol. The summed E-state index contributed by atoms with van der Waals surface area (Å²) in [6.07, 6.45) is 1.10. The molecule has 1 amide bonds. The lowest BCUT2D eigenvalue weighted by atomic mass is 10.1. The Kier molecular flexibility index (Phi) is 7.86. The van der Waals surface area contributed by atoms with Crippen molar-refractivity contribution in [1.82, 2.24) is 5.32 Å². The fraction of sp³-hybridized carbons (Fsp3) is 0.364. The van der Waals surface area contributed by atoms with Crippen LogP contribution in [0.1, 0.15) is 28.7 Å². The molecular formula is C22H27NO4. The number of rotatable bonds is 9. The summed E-state index contributed by atoms with van der Waals surface area (Å²) in [7, 11) is 0. The zero-order valence-electron chi connectivity index (χ0n) is 16.2. The van der Waals surface area contributed by atoms with Gasteiger partial charge in [0.15, 0.2) is 6.61 Å². The van der Waals surface area contributed by atoms with E-state index in [1.165, 1.54) is 5.56 Å². The van der Waals surface area contributed by atoms with Crippen molar-refractivity contribution in [1.29, 1.82) is 0 Å². The number of ether oxygens (including phenoxy) is 2. The second-order valence-corrected chi connectivity index (χ2v) is 6.61. The SMILES string of the molecule is Cc1ccc(CCC(=O)NCCOC(=O)COc2cc(C)ccc2C)cc1. The minimum atomic E-state index is -0.454. The number of esters is 1. The zero-order chi connectivity index (χ0) is 19.6. The van der Waals surface area contributed by atoms with E-state index in [2.05, 4.69) is 5.32 Å². The highest BCUT2D eigenvalue weighted by Gasteiger charge is 2.07. The Morgan fingerprint density at radius 1 is 0.963 bits per heavy atom. The van der Waals surface area contributed by atoms with Gasteiger partial charge in [-0.3, -0.25) is 4.79 Å². The molecule has 2 aromatic carbocycles. The van der Waals surface area contributed by atoms with Crippen LogP contribution in [0.5, 0.6) is 5.75 Å². The van der Waals surface area contributed by atoms with Gasteiger partial charge >= 0.3 is 5.97 Å². The van der Waals surface area contributed by atoms with Crippen LogP contribution in [0.3, 0.4) is 0 Å². The fourth-order valence-electron chi connectivity index (χ4n) is 2.50. The van der Waals surface area contributed by atoms with Crippen LogP contribution in [0, 0.1) is 20.8 Å². The molecule has 0 aromatic heterocycles. The van der Waals surface area contributed by atoms with Gasteiger partial charge in [-0.05, 0) is 49.9 Å². The molecule has 0 bridgehead atoms. The maximum Gasteiger partial charge on any atom is 0.344 e. The summed E-state index contributed by atoms with van der Waals surface area (Å²) in [4.78, 5) is 23.6. The summed E-state index contributed by atoms with van der Waals surface area (Å²) in [6, 6.07) is 13.9. The summed E-state index contributed by atoms with van der Waals surface area (Å²) < 4.78 is 10.6. The number of amides is 1. The van der Waals surface area contributed by atoms with E-state index in [-0.39, 0.29) is 19.1 Å². The Morgan fingerprint density at radius 2 is 1.67 bits per heavy atom. The minimum Gasteiger partial charge on any atom is -0.482 e. The Hall–Kier alpha value is -2.82. The first-order chi connectivity index (χ1) is 12.9. The van der Waals surface area contributed by atoms with Gasteiger partial charge in [-0.15, -0.1) is 0 Å². The lowest BCUT2D eigenvalue weighted by molar-refractivity contribution is -0.146. The highest BCUT2D eigenvalue weighted by Crippen LogP contribution is 2.18. The third-order valence-corrected chi connectivity index (χ3v) is 4.14. The molecular weight excluding hydrogens is 342 g/mol. The van der Waals surface area contributed by atoms with Crippen molar-refractivity contribution in [3.05, 3.63) is 64.7 Å². The average molecular weight is 369 g/mol. The van der Waals surface area contributed by atoms with E-state index in [9.17, 15) is 9.59 Å². The molecule has 5 nitrogen and oxygen atoms in total. The number of carbonyl (C=O) groups excluding carboxylic acids is 2. The number of nitrogens with one attached hydrogen (secondary N) is 1. The quantitative estimate of drug-likeness (QED) is 0.544. The number of benzene rings is 2. The first-order valence-corrected chi connectivity index (χ1v) is 9.12. The van der Waals surface area contributed by atoms with E-state index in [0.29, 0.717) is 25.1 Å². The van der Waals surface area contributed by atoms with Crippen molar-refractivity contribution in [3.8, 4) is 5.75 Å². The van der Waals surface area contributed by atoms with Crippen LogP contribution in [0.15, 0.2) is 42.5 Å². The smallest absolute Gasteiger partial charge is 0.344 e. The van der Waals surface area contributed by atoms with Crippen LogP contribution >= 0.6 is 0 Å². The predicted molar refractivity (Wildman–Crippen MR) is 105 cm³/mol. The molecule has 0 fully saturated rings. The molecule has 0 aliphatic carbocycles. The third kappa shape index (κ3) is 7.52. The van der Waals surface area contributed by atoms with E-state index in [0.717, 1.165) is 16.7 Å². The molecule has 0 aliphatic heterocycles. The van der Waals surface area contributed by atoms with Crippen LogP contribution in [-0.2, 0) is 20.7 Å². The number of hydrogen-bond donors (Lipinski definition) is 1. The molecule has 0 unspecified atom stereocenters. The third-order valence-electron chi connectivity index (χ3n) is 4.14. The summed E-state index contributed by atoms with van der Waals surface area (Å²) in [5, 5.41) is 2.75. The van der Waals surface area contributed by atoms with Gasteiger partial charge in [0, 0.05) is 6.42 Å². The first kappa shape index (κ1) is 20.5. The van der Waals surface area contributed by atoms with Crippen molar-refractivity contribution in [3.63, 3.8) is 0 Å². The topological polar surface area (TPSA) is 64.6 Å². The molecule has 5 heteroatoms. The molecule has 0 atom stereocenters. The Labute approximate surface area is 160 Å². The fourth-order valence-corrected chi connectivity index (χ4v) is 2.50. The molecule has 0 heterocycles. The normalized spacial score (nSPS) is 10.3. The molecule has 1 N–H and O–H groups in total. The molecule has 2 aromatic rings. The summed E-state index contributed by atoms with van der Waals surface area (Å²) in [6.45, 7) is 6.20. The van der Waals surface area contributed by atoms with Crippen molar-refractivity contribution >= 4 is 11.9 Å². The van der Waals surface area contributed by atoms with Crippen LogP contribution in [0.2, 0.25) is 0 Å². The number of hydrogen-bond acceptors (Lipinski definition) is 4. The van der Waals surface area contributed by atoms with Crippen LogP contribution < -0.4 is 10.1 Å². The van der Waals surface area contributed by atoms with Gasteiger partial charge < -0.3 is 14.8 Å². The van der Waals surface area contributed by atoms with Crippen LogP contribution in [0.4, 0.5) is 0 Å². The molecule has 0 aliphatic rings. The van der Waals surface area contributed by atoms with Gasteiger partial charge in [0.1, 0.15) is 12.4 Å². The molecule has 144 valence electrons. The second-order valence-electron chi connectivity index (χ2n) is 6.61.